The molecule has 0 unspecified atom stereocenters. The van der Waals surface area contributed by atoms with Crippen molar-refractivity contribution < 1.29 is 13.5 Å². The summed E-state index contributed by atoms with van der Waals surface area (Å²) in [6, 6.07) is 4.18. The van der Waals surface area contributed by atoms with Crippen molar-refractivity contribution in [2.45, 2.75) is 19.4 Å². The Morgan fingerprint density at radius 2 is 1.81 bits per heavy atom. The zero-order valence-electron chi connectivity index (χ0n) is 12.8. The van der Waals surface area contributed by atoms with Crippen LogP contribution in [0.2, 0.25) is 0 Å². The highest BCUT2D eigenvalue weighted by molar-refractivity contribution is 5.18. The number of hydrogen-bond acceptors (Lipinski definition) is 3. The summed E-state index contributed by atoms with van der Waals surface area (Å²) in [6.45, 7) is 7.50. The molecule has 0 N–H and O–H groups in total. The van der Waals surface area contributed by atoms with Crippen LogP contribution in [0.25, 0.3) is 0 Å². The van der Waals surface area contributed by atoms with Crippen molar-refractivity contribution >= 4 is 0 Å². The van der Waals surface area contributed by atoms with Crippen molar-refractivity contribution in [3.05, 3.63) is 35.4 Å². The Bertz CT molecular complexity index is 430. The van der Waals surface area contributed by atoms with E-state index in [1.54, 1.807) is 0 Å². The number of likely N-dealkylation sites (N-methyl/N-ethyl adjacent to an activating group) is 1. The van der Waals surface area contributed by atoms with Crippen LogP contribution in [0, 0.1) is 11.6 Å². The highest BCUT2D eigenvalue weighted by atomic mass is 19.1. The minimum Gasteiger partial charge on any atom is -0.379 e. The number of hydrogen-bond donors (Lipinski definition) is 0. The molecule has 0 saturated carbocycles. The summed E-state index contributed by atoms with van der Waals surface area (Å²) in [5.74, 6) is -1.01. The summed E-state index contributed by atoms with van der Waals surface area (Å²) in [5, 5.41) is 0. The van der Waals surface area contributed by atoms with Gasteiger partial charge in [-0.1, -0.05) is 0 Å². The van der Waals surface area contributed by atoms with E-state index in [2.05, 4.69) is 16.7 Å². The van der Waals surface area contributed by atoms with Gasteiger partial charge in [-0.15, -0.1) is 0 Å². The summed E-state index contributed by atoms with van der Waals surface area (Å²) in [5.41, 5.74) is 0.707. The van der Waals surface area contributed by atoms with E-state index in [1.807, 2.05) is 7.05 Å². The molecule has 0 radical (unpaired) electrons. The molecule has 0 aliphatic carbocycles. The standard InChI is InChI=1S/C16H24F2N2O/c1-13(20-5-7-21-8-6-20)12-19(2)4-3-14-9-15(17)11-16(18)10-14/h9-11,13H,3-8,12H2,1-2H3/t13-/m0/s1. The first-order chi connectivity index (χ1) is 10.0. The van der Waals surface area contributed by atoms with Gasteiger partial charge in [0.05, 0.1) is 13.2 Å². The van der Waals surface area contributed by atoms with Gasteiger partial charge >= 0.3 is 0 Å². The lowest BCUT2D eigenvalue weighted by Crippen LogP contribution is -2.46. The zero-order chi connectivity index (χ0) is 15.2. The second kappa shape index (κ2) is 7.82. The fourth-order valence-corrected chi connectivity index (χ4v) is 2.75. The number of benzene rings is 1. The molecule has 3 nitrogen and oxygen atoms in total. The van der Waals surface area contributed by atoms with Gasteiger partial charge < -0.3 is 9.64 Å². The molecule has 1 aromatic carbocycles. The maximum atomic E-state index is 13.1. The van der Waals surface area contributed by atoms with Crippen molar-refractivity contribution in [2.24, 2.45) is 0 Å². The van der Waals surface area contributed by atoms with Gasteiger partial charge in [0.15, 0.2) is 0 Å². The van der Waals surface area contributed by atoms with Crippen LogP contribution in [-0.2, 0) is 11.2 Å². The van der Waals surface area contributed by atoms with Gasteiger partial charge in [-0.25, -0.2) is 8.78 Å². The van der Waals surface area contributed by atoms with Crippen LogP contribution in [0.5, 0.6) is 0 Å². The third-order valence-electron chi connectivity index (χ3n) is 3.95. The van der Waals surface area contributed by atoms with E-state index in [0.29, 0.717) is 18.0 Å². The molecule has 1 saturated heterocycles. The third kappa shape index (κ3) is 5.34. The first-order valence-electron chi connectivity index (χ1n) is 7.50. The second-order valence-electron chi connectivity index (χ2n) is 5.79. The number of ether oxygens (including phenoxy) is 1. The van der Waals surface area contributed by atoms with Crippen molar-refractivity contribution in [3.8, 4) is 0 Å². The molecule has 21 heavy (non-hydrogen) atoms. The van der Waals surface area contributed by atoms with Crippen molar-refractivity contribution in [3.63, 3.8) is 0 Å². The lowest BCUT2D eigenvalue weighted by atomic mass is 10.1. The Morgan fingerprint density at radius 3 is 2.43 bits per heavy atom. The Morgan fingerprint density at radius 1 is 1.19 bits per heavy atom. The van der Waals surface area contributed by atoms with E-state index in [1.165, 1.54) is 12.1 Å². The van der Waals surface area contributed by atoms with Crippen LogP contribution in [0.3, 0.4) is 0 Å². The Kier molecular flexibility index (Phi) is 6.08. The third-order valence-corrected chi connectivity index (χ3v) is 3.95. The van der Waals surface area contributed by atoms with Gasteiger partial charge in [0.1, 0.15) is 11.6 Å². The largest absolute Gasteiger partial charge is 0.379 e. The Hall–Kier alpha value is -1.04. The van der Waals surface area contributed by atoms with Crippen LogP contribution < -0.4 is 0 Å². The summed E-state index contributed by atoms with van der Waals surface area (Å²) in [6.07, 6.45) is 0.654. The quantitative estimate of drug-likeness (QED) is 0.800. The smallest absolute Gasteiger partial charge is 0.126 e. The fourth-order valence-electron chi connectivity index (χ4n) is 2.75. The predicted molar refractivity (Wildman–Crippen MR) is 79.4 cm³/mol. The number of rotatable bonds is 6. The number of nitrogens with zero attached hydrogens (tertiary/aromatic N) is 2. The number of halogens is 2. The van der Waals surface area contributed by atoms with Gasteiger partial charge in [0, 0.05) is 38.3 Å². The molecule has 0 amide bonds. The molecule has 1 aliphatic rings. The minimum atomic E-state index is -0.505. The first kappa shape index (κ1) is 16.3. The minimum absolute atomic E-state index is 0.461. The molecule has 118 valence electrons. The normalized spacial score (nSPS) is 18.1. The molecule has 0 bridgehead atoms. The van der Waals surface area contributed by atoms with Crippen LogP contribution in [-0.4, -0.2) is 62.3 Å². The zero-order valence-corrected chi connectivity index (χ0v) is 12.8. The highest BCUT2D eigenvalue weighted by Gasteiger charge is 2.18. The summed E-state index contributed by atoms with van der Waals surface area (Å²) in [4.78, 5) is 4.63. The summed E-state index contributed by atoms with van der Waals surface area (Å²) < 4.78 is 31.6. The molecule has 5 heteroatoms. The number of morpholine rings is 1. The Balaban J connectivity index is 1.77. The van der Waals surface area contributed by atoms with Gasteiger partial charge in [0.2, 0.25) is 0 Å². The average molecular weight is 298 g/mol. The van der Waals surface area contributed by atoms with Crippen molar-refractivity contribution in [2.75, 3.05) is 46.4 Å². The SMILES string of the molecule is C[C@@H](CN(C)CCc1cc(F)cc(F)c1)N1CCOCC1. The molecule has 1 atom stereocenters. The van der Waals surface area contributed by atoms with Crippen LogP contribution in [0.1, 0.15) is 12.5 Å². The summed E-state index contributed by atoms with van der Waals surface area (Å²) in [7, 11) is 2.05. The van der Waals surface area contributed by atoms with Crippen LogP contribution in [0.4, 0.5) is 8.78 Å². The molecule has 1 aromatic rings. The summed E-state index contributed by atoms with van der Waals surface area (Å²) >= 11 is 0. The van der Waals surface area contributed by atoms with Gasteiger partial charge in [-0.2, -0.15) is 0 Å². The van der Waals surface area contributed by atoms with E-state index in [4.69, 9.17) is 4.74 Å². The maximum absolute atomic E-state index is 13.1. The highest BCUT2D eigenvalue weighted by Crippen LogP contribution is 2.10. The Labute approximate surface area is 125 Å². The predicted octanol–water partition coefficient (Wildman–Crippen LogP) is 2.16. The molecule has 1 fully saturated rings. The second-order valence-corrected chi connectivity index (χ2v) is 5.79. The molecular formula is C16H24F2N2O. The maximum Gasteiger partial charge on any atom is 0.126 e. The van der Waals surface area contributed by atoms with E-state index >= 15 is 0 Å². The lowest BCUT2D eigenvalue weighted by molar-refractivity contribution is 0.0142. The molecule has 1 aliphatic heterocycles. The van der Waals surface area contributed by atoms with E-state index in [-0.39, 0.29) is 0 Å². The molecular weight excluding hydrogens is 274 g/mol. The molecule has 0 aromatic heterocycles. The van der Waals surface area contributed by atoms with E-state index in [0.717, 1.165) is 45.5 Å². The lowest BCUT2D eigenvalue weighted by Gasteiger charge is -2.34. The van der Waals surface area contributed by atoms with E-state index in [9.17, 15) is 8.78 Å². The average Bonchev–Trinajstić information content (AvgIpc) is 2.45. The van der Waals surface area contributed by atoms with Crippen LogP contribution in [0.15, 0.2) is 18.2 Å². The molecule has 2 rings (SSSR count). The molecule has 1 heterocycles. The van der Waals surface area contributed by atoms with Gasteiger partial charge in [-0.05, 0) is 38.1 Å². The van der Waals surface area contributed by atoms with Crippen molar-refractivity contribution in [1.29, 1.82) is 0 Å². The topological polar surface area (TPSA) is 15.7 Å². The van der Waals surface area contributed by atoms with Crippen molar-refractivity contribution in [1.82, 2.24) is 9.80 Å². The van der Waals surface area contributed by atoms with Crippen LogP contribution >= 0.6 is 0 Å². The molecule has 0 spiro atoms. The monoisotopic (exact) mass is 298 g/mol. The van der Waals surface area contributed by atoms with Gasteiger partial charge in [-0.3, -0.25) is 4.90 Å². The fraction of sp³-hybridized carbons (Fsp3) is 0.625. The first-order valence-corrected chi connectivity index (χ1v) is 7.50. The van der Waals surface area contributed by atoms with Gasteiger partial charge in [0.25, 0.3) is 0 Å². The van der Waals surface area contributed by atoms with E-state index < -0.39 is 11.6 Å².